The topological polar surface area (TPSA) is 76.1 Å². The van der Waals surface area contributed by atoms with Crippen LogP contribution in [-0.4, -0.2) is 82.6 Å². The zero-order chi connectivity index (χ0) is 21.9. The molecule has 1 aliphatic carbocycles. The molecule has 1 aromatic rings. The van der Waals surface area contributed by atoms with Gasteiger partial charge in [0.1, 0.15) is 0 Å². The molecule has 2 unspecified atom stereocenters. The molecule has 1 amide bonds. The van der Waals surface area contributed by atoms with Crippen LogP contribution in [0.1, 0.15) is 48.9 Å². The molecule has 30 heavy (non-hydrogen) atoms. The van der Waals surface area contributed by atoms with E-state index in [4.69, 9.17) is 9.47 Å². The molecule has 2 fully saturated rings. The van der Waals surface area contributed by atoms with Crippen molar-refractivity contribution in [2.75, 3.05) is 40.6 Å². The summed E-state index contributed by atoms with van der Waals surface area (Å²) in [6.45, 7) is 2.05. The number of piperidine rings is 1. The van der Waals surface area contributed by atoms with Crippen LogP contribution < -0.4 is 0 Å². The average Bonchev–Trinajstić information content (AvgIpc) is 2.77. The third kappa shape index (κ3) is 4.88. The van der Waals surface area contributed by atoms with Gasteiger partial charge in [0.2, 0.25) is 0 Å². The van der Waals surface area contributed by atoms with E-state index in [1.165, 1.54) is 37.7 Å². The second-order valence-corrected chi connectivity index (χ2v) is 10.5. The third-order valence-corrected chi connectivity index (χ3v) is 7.86. The van der Waals surface area contributed by atoms with Gasteiger partial charge in [-0.3, -0.25) is 9.69 Å². The summed E-state index contributed by atoms with van der Waals surface area (Å²) in [5.74, 6) is -0.705. The number of hydrogen-bond donors (Lipinski definition) is 0. The van der Waals surface area contributed by atoms with Crippen molar-refractivity contribution in [3.63, 3.8) is 0 Å². The van der Waals surface area contributed by atoms with Crippen molar-refractivity contribution in [3.05, 3.63) is 29.8 Å². The van der Waals surface area contributed by atoms with Crippen LogP contribution >= 0.6 is 0 Å². The number of ether oxygens (including phenoxy) is 2. The highest BCUT2D eigenvalue weighted by Gasteiger charge is 2.46. The van der Waals surface area contributed by atoms with Gasteiger partial charge in [0.25, 0.3) is 5.91 Å². The first-order chi connectivity index (χ1) is 14.2. The molecule has 1 heterocycles. The summed E-state index contributed by atoms with van der Waals surface area (Å²) in [5.41, 5.74) is 0.498. The maximum absolute atomic E-state index is 13.2. The second-order valence-electron chi connectivity index (χ2n) is 8.51. The molecule has 168 valence electrons. The molecule has 1 aliphatic heterocycles. The minimum absolute atomic E-state index is 0.0450. The largest absolute Gasteiger partial charge is 0.353 e. The van der Waals surface area contributed by atoms with Gasteiger partial charge < -0.3 is 14.4 Å². The first kappa shape index (κ1) is 23.2. The molecule has 1 saturated heterocycles. The van der Waals surface area contributed by atoms with Gasteiger partial charge in [-0.2, -0.15) is 0 Å². The normalized spacial score (nSPS) is 25.1. The predicted molar refractivity (Wildman–Crippen MR) is 115 cm³/mol. The van der Waals surface area contributed by atoms with Gasteiger partial charge in [-0.05, 0) is 56.6 Å². The van der Waals surface area contributed by atoms with Crippen molar-refractivity contribution < 1.29 is 22.7 Å². The predicted octanol–water partition coefficient (Wildman–Crippen LogP) is 2.56. The molecule has 8 heteroatoms. The fourth-order valence-corrected chi connectivity index (χ4v) is 5.47. The Morgan fingerprint density at radius 3 is 2.23 bits per heavy atom. The fourth-order valence-electron chi connectivity index (χ4n) is 4.84. The molecule has 0 N–H and O–H groups in total. The number of rotatable bonds is 6. The van der Waals surface area contributed by atoms with Crippen LogP contribution in [0.4, 0.5) is 0 Å². The van der Waals surface area contributed by atoms with Crippen molar-refractivity contribution in [3.8, 4) is 0 Å². The molecule has 7 nitrogen and oxygen atoms in total. The highest BCUT2D eigenvalue weighted by atomic mass is 32.2. The number of hydrogen-bond acceptors (Lipinski definition) is 6. The lowest BCUT2D eigenvalue weighted by Gasteiger charge is -2.50. The van der Waals surface area contributed by atoms with Crippen LogP contribution in [-0.2, 0) is 19.3 Å². The highest BCUT2D eigenvalue weighted by molar-refractivity contribution is 7.90. The van der Waals surface area contributed by atoms with Crippen molar-refractivity contribution in [1.29, 1.82) is 0 Å². The van der Waals surface area contributed by atoms with E-state index < -0.39 is 15.6 Å². The van der Waals surface area contributed by atoms with Crippen LogP contribution in [0.15, 0.2) is 29.2 Å². The Hall–Kier alpha value is -1.48. The first-order valence-corrected chi connectivity index (χ1v) is 12.5. The highest BCUT2D eigenvalue weighted by Crippen LogP contribution is 2.37. The monoisotopic (exact) mass is 438 g/mol. The molecule has 2 atom stereocenters. The summed E-state index contributed by atoms with van der Waals surface area (Å²) in [6, 6.07) is 6.40. The third-order valence-electron chi connectivity index (χ3n) is 6.74. The van der Waals surface area contributed by atoms with E-state index in [1.807, 2.05) is 11.9 Å². The minimum Gasteiger partial charge on any atom is -0.353 e. The van der Waals surface area contributed by atoms with E-state index in [2.05, 4.69) is 4.90 Å². The summed E-state index contributed by atoms with van der Waals surface area (Å²) in [5, 5.41) is 0. The molecular formula is C22H34N2O5S. The van der Waals surface area contributed by atoms with Gasteiger partial charge in [0.05, 0.1) is 4.90 Å². The Balaban J connectivity index is 1.82. The van der Waals surface area contributed by atoms with Crippen molar-refractivity contribution >= 4 is 15.7 Å². The molecule has 0 bridgehead atoms. The lowest BCUT2D eigenvalue weighted by atomic mass is 9.82. The zero-order valence-corrected chi connectivity index (χ0v) is 19.3. The van der Waals surface area contributed by atoms with E-state index in [-0.39, 0.29) is 22.9 Å². The lowest BCUT2D eigenvalue weighted by Crippen LogP contribution is -2.60. The standard InChI is InChI=1S/C22H34N2O5S/c1-23(21(25)17-8-10-18(11-9-17)30(4,26)27)19-12-13-22(28-2,29-3)16-20(19)24-14-6-5-7-15-24/h8-11,19-20H,5-7,12-16H2,1-4H3. The minimum atomic E-state index is -3.29. The van der Waals surface area contributed by atoms with Gasteiger partial charge in [-0.25, -0.2) is 8.42 Å². The molecule has 1 aromatic carbocycles. The summed E-state index contributed by atoms with van der Waals surface area (Å²) in [4.78, 5) is 17.8. The maximum Gasteiger partial charge on any atom is 0.253 e. The number of sulfone groups is 1. The molecule has 0 aromatic heterocycles. The number of carbonyl (C=O) groups excluding carboxylic acids is 1. The zero-order valence-electron chi connectivity index (χ0n) is 18.5. The molecule has 1 saturated carbocycles. The van der Waals surface area contributed by atoms with Crippen molar-refractivity contribution in [2.45, 2.75) is 61.3 Å². The van der Waals surface area contributed by atoms with Crippen molar-refractivity contribution in [2.24, 2.45) is 0 Å². The number of nitrogens with zero attached hydrogens (tertiary/aromatic N) is 2. The van der Waals surface area contributed by atoms with Gasteiger partial charge >= 0.3 is 0 Å². The Morgan fingerprint density at radius 2 is 1.70 bits per heavy atom. The van der Waals surface area contributed by atoms with Crippen LogP contribution in [0.25, 0.3) is 0 Å². The number of likely N-dealkylation sites (N-methyl/N-ethyl adjacent to an activating group) is 1. The Labute approximate surface area is 180 Å². The molecule has 3 rings (SSSR count). The number of benzene rings is 1. The van der Waals surface area contributed by atoms with Gasteiger partial charge in [-0.1, -0.05) is 6.42 Å². The van der Waals surface area contributed by atoms with E-state index in [0.29, 0.717) is 5.56 Å². The maximum atomic E-state index is 13.2. The lowest BCUT2D eigenvalue weighted by molar-refractivity contribution is -0.238. The average molecular weight is 439 g/mol. The summed E-state index contributed by atoms with van der Waals surface area (Å²) < 4.78 is 34.9. The van der Waals surface area contributed by atoms with E-state index in [1.54, 1.807) is 26.4 Å². The van der Waals surface area contributed by atoms with Crippen LogP contribution in [0, 0.1) is 0 Å². The van der Waals surface area contributed by atoms with Crippen LogP contribution in [0.3, 0.4) is 0 Å². The first-order valence-electron chi connectivity index (χ1n) is 10.6. The molecule has 2 aliphatic rings. The van der Waals surface area contributed by atoms with Gasteiger partial charge in [0.15, 0.2) is 15.6 Å². The second kappa shape index (κ2) is 9.34. The Bertz CT molecular complexity index is 830. The van der Waals surface area contributed by atoms with Crippen molar-refractivity contribution in [1.82, 2.24) is 9.80 Å². The number of likely N-dealkylation sites (tertiary alicyclic amines) is 1. The van der Waals surface area contributed by atoms with Gasteiger partial charge in [-0.15, -0.1) is 0 Å². The van der Waals surface area contributed by atoms with E-state index in [9.17, 15) is 13.2 Å². The molecule has 0 spiro atoms. The molecule has 0 radical (unpaired) electrons. The summed E-state index contributed by atoms with van der Waals surface area (Å²) in [7, 11) is 1.94. The number of methoxy groups -OCH3 is 2. The number of amides is 1. The SMILES string of the molecule is COC1(OC)CCC(N(C)C(=O)c2ccc(S(C)(=O)=O)cc2)C(N2CCCCC2)C1. The fraction of sp³-hybridized carbons (Fsp3) is 0.682. The number of carbonyl (C=O) groups is 1. The van der Waals surface area contributed by atoms with Gasteiger partial charge in [0, 0.05) is 58.0 Å². The summed E-state index contributed by atoms with van der Waals surface area (Å²) >= 11 is 0. The van der Waals surface area contributed by atoms with E-state index in [0.717, 1.165) is 32.4 Å². The van der Waals surface area contributed by atoms with Crippen LogP contribution in [0.2, 0.25) is 0 Å². The smallest absolute Gasteiger partial charge is 0.253 e. The Morgan fingerprint density at radius 1 is 1.10 bits per heavy atom. The van der Waals surface area contributed by atoms with E-state index >= 15 is 0 Å². The molecular weight excluding hydrogens is 404 g/mol. The summed E-state index contributed by atoms with van der Waals surface area (Å²) in [6.07, 6.45) is 6.97. The quantitative estimate of drug-likeness (QED) is 0.636. The van der Waals surface area contributed by atoms with Crippen LogP contribution in [0.5, 0.6) is 0 Å². The Kier molecular flexibility index (Phi) is 7.22.